The molecule has 0 aromatic carbocycles. The molecule has 3 N–H and O–H groups in total. The second-order valence-electron chi connectivity index (χ2n) is 11.0. The summed E-state index contributed by atoms with van der Waals surface area (Å²) < 4.78 is 63.1. The number of nitrogens with two attached hydrogens (primary N) is 1. The third-order valence-electron chi connectivity index (χ3n) is 8.39. The van der Waals surface area contributed by atoms with Crippen molar-refractivity contribution in [3.05, 3.63) is 37.6 Å². The minimum absolute atomic E-state index is 0.0169. The number of hydrogen-bond donors (Lipinski definition) is 3. The average molecular weight is 699 g/mol. The van der Waals surface area contributed by atoms with E-state index in [1.807, 2.05) is 15.2 Å². The quantitative estimate of drug-likeness (QED) is 0.179. The van der Waals surface area contributed by atoms with Crippen molar-refractivity contribution in [3.8, 4) is 0 Å². The number of hydrogen-bond acceptors (Lipinski definition) is 14. The highest BCUT2D eigenvalue weighted by molar-refractivity contribution is 8.44. The summed E-state index contributed by atoms with van der Waals surface area (Å²) in [5.74, 6) is 0.193. The Balaban J connectivity index is 1.04. The number of ether oxygens (including phenoxy) is 1. The molecule has 2 unspecified atom stereocenters. The summed E-state index contributed by atoms with van der Waals surface area (Å²) in [6, 6.07) is -0.138. The summed E-state index contributed by atoms with van der Waals surface area (Å²) in [7, 11) is 0. The van der Waals surface area contributed by atoms with Crippen LogP contribution < -0.4 is 5.73 Å². The fourth-order valence-electron chi connectivity index (χ4n) is 6.07. The van der Waals surface area contributed by atoms with Crippen molar-refractivity contribution < 1.29 is 36.7 Å². The maximum atomic E-state index is 16.1. The molecule has 0 amide bonds. The van der Waals surface area contributed by atoms with Crippen LogP contribution >= 0.6 is 25.8 Å². The molecular formula is C23H25FN10O7P2S2. The second kappa shape index (κ2) is 11.0. The molecule has 8 rings (SSSR count). The number of nitrogens with zero attached hydrogens (tertiary/aromatic N) is 9. The van der Waals surface area contributed by atoms with E-state index in [9.17, 15) is 9.46 Å². The Bertz CT molecular complexity index is 2030. The van der Waals surface area contributed by atoms with Gasteiger partial charge in [0.2, 0.25) is 5.78 Å². The first-order chi connectivity index (χ1) is 21.6. The van der Waals surface area contributed by atoms with E-state index in [0.717, 1.165) is 5.52 Å². The third kappa shape index (κ3) is 5.26. The molecule has 5 aromatic rings. The van der Waals surface area contributed by atoms with Crippen molar-refractivity contribution in [2.24, 2.45) is 11.8 Å². The third-order valence-corrected chi connectivity index (χ3v) is 11.6. The number of anilines is 1. The van der Waals surface area contributed by atoms with Gasteiger partial charge < -0.3 is 29.0 Å². The van der Waals surface area contributed by atoms with Gasteiger partial charge in [0.1, 0.15) is 29.6 Å². The van der Waals surface area contributed by atoms with Crippen LogP contribution in [0, 0.1) is 11.8 Å². The van der Waals surface area contributed by atoms with Gasteiger partial charge in [-0.1, -0.05) is 12.2 Å². The molecule has 2 aliphatic heterocycles. The van der Waals surface area contributed by atoms with Crippen molar-refractivity contribution in [2.45, 2.75) is 37.1 Å². The van der Waals surface area contributed by atoms with Gasteiger partial charge in [0, 0.05) is 30.6 Å². The van der Waals surface area contributed by atoms with Crippen molar-refractivity contribution in [1.82, 2.24) is 43.4 Å². The summed E-state index contributed by atoms with van der Waals surface area (Å²) in [5.41, 5.74) is 7.66. The minimum Gasteiger partial charge on any atom is -0.382 e. The molecule has 0 bridgehead atoms. The van der Waals surface area contributed by atoms with Gasteiger partial charge in [0.15, 0.2) is 29.5 Å². The zero-order valence-corrected chi connectivity index (χ0v) is 26.5. The first kappa shape index (κ1) is 29.7. The van der Waals surface area contributed by atoms with E-state index in [1.54, 1.807) is 18.7 Å². The average Bonchev–Trinajstić information content (AvgIpc) is 3.75. The van der Waals surface area contributed by atoms with E-state index < -0.39 is 44.7 Å². The fourth-order valence-corrected chi connectivity index (χ4v) is 8.72. The number of fused-ring (bicyclic) bond motifs is 6. The van der Waals surface area contributed by atoms with Crippen LogP contribution in [0.1, 0.15) is 18.7 Å². The Kier molecular flexibility index (Phi) is 7.25. The van der Waals surface area contributed by atoms with E-state index in [2.05, 4.69) is 42.2 Å². The molecule has 2 saturated heterocycles. The zero-order valence-electron chi connectivity index (χ0n) is 23.0. The lowest BCUT2D eigenvalue weighted by atomic mass is 9.70. The summed E-state index contributed by atoms with van der Waals surface area (Å²) in [5, 5.41) is 0. The predicted octanol–water partition coefficient (Wildman–Crippen LogP) is 2.62. The zero-order chi connectivity index (χ0) is 31.1. The SMILES string of the molecule is Nc1ncnc2c1ncn2[C@@H]1O[C@@H]2COP(=O)(S)OC[C@@H]3[C@@H](COP(O)(=S)O[C@H]2[C@H]1F)C[C@H]3n1cnc2nc3nccn3c2c1. The van der Waals surface area contributed by atoms with Crippen molar-refractivity contribution in [3.63, 3.8) is 0 Å². The fraction of sp³-hybridized carbons (Fsp3) is 0.478. The van der Waals surface area contributed by atoms with Crippen LogP contribution in [0.25, 0.3) is 28.1 Å². The van der Waals surface area contributed by atoms with Crippen LogP contribution in [0.4, 0.5) is 10.2 Å². The van der Waals surface area contributed by atoms with Crippen LogP contribution in [0.2, 0.25) is 0 Å². The molecule has 0 radical (unpaired) electrons. The number of rotatable bonds is 2. The number of thiol groups is 1. The lowest BCUT2D eigenvalue weighted by Crippen LogP contribution is -2.43. The van der Waals surface area contributed by atoms with Crippen LogP contribution in [-0.2, 0) is 39.2 Å². The van der Waals surface area contributed by atoms with E-state index in [0.29, 0.717) is 17.8 Å². The standard InChI is InChI=1S/C23H25FN10O7P2S2/c24-16-18-15(40-22(16)34-10-29-17-19(25)27-8-28-21(17)34)7-39-42(35,44)38-6-12-11(5-37-43(36,45)41-18)3-13(12)32-4-14-20(30-9-32)31-23-26-1-2-33(14)23/h1-2,4,8-13,15-16,18,22H,3,5-7H2,(H,35,44)(H,36,45)(H2,25,27,28)/t11-,12-,13-,15-,16-,18-,22-,42?,43?/m1/s1. The summed E-state index contributed by atoms with van der Waals surface area (Å²) in [4.78, 5) is 36.3. The van der Waals surface area contributed by atoms with Gasteiger partial charge in [-0.3, -0.25) is 18.0 Å². The van der Waals surface area contributed by atoms with E-state index in [1.165, 1.54) is 17.2 Å². The van der Waals surface area contributed by atoms with Crippen LogP contribution in [-0.4, -0.2) is 86.5 Å². The van der Waals surface area contributed by atoms with E-state index >= 15 is 4.39 Å². The Morgan fingerprint density at radius 1 is 1.11 bits per heavy atom. The molecule has 0 spiro atoms. The highest BCUT2D eigenvalue weighted by atomic mass is 32.7. The molecule has 9 atom stereocenters. The van der Waals surface area contributed by atoms with Gasteiger partial charge in [-0.2, -0.15) is 4.98 Å². The lowest BCUT2D eigenvalue weighted by molar-refractivity contribution is -0.0413. The monoisotopic (exact) mass is 698 g/mol. The van der Waals surface area contributed by atoms with Crippen LogP contribution in [0.3, 0.4) is 0 Å². The summed E-state index contributed by atoms with van der Waals surface area (Å²) in [6.07, 6.45) is 4.23. The summed E-state index contributed by atoms with van der Waals surface area (Å²) >= 11 is 9.46. The highest BCUT2D eigenvalue weighted by Crippen LogP contribution is 2.58. The molecule has 1 saturated carbocycles. The van der Waals surface area contributed by atoms with Crippen molar-refractivity contribution in [1.29, 1.82) is 0 Å². The Morgan fingerprint density at radius 3 is 2.82 bits per heavy atom. The van der Waals surface area contributed by atoms with Crippen molar-refractivity contribution in [2.75, 3.05) is 25.6 Å². The topological polar surface area (TPSA) is 201 Å². The maximum absolute atomic E-state index is 16.1. The van der Waals surface area contributed by atoms with Gasteiger partial charge in [-0.05, 0) is 24.1 Å². The largest absolute Gasteiger partial charge is 0.386 e. The van der Waals surface area contributed by atoms with E-state index in [-0.39, 0.29) is 48.1 Å². The Hall–Kier alpha value is -2.64. The Labute approximate surface area is 263 Å². The molecule has 5 aromatic heterocycles. The minimum atomic E-state index is -4.00. The highest BCUT2D eigenvalue weighted by Gasteiger charge is 2.51. The van der Waals surface area contributed by atoms with Gasteiger partial charge in [-0.15, -0.1) is 0 Å². The maximum Gasteiger partial charge on any atom is 0.386 e. The van der Waals surface area contributed by atoms with Gasteiger partial charge >= 0.3 is 13.5 Å². The molecule has 17 nitrogen and oxygen atoms in total. The molecule has 7 heterocycles. The van der Waals surface area contributed by atoms with Crippen LogP contribution in [0.15, 0.2) is 37.6 Å². The molecule has 22 heteroatoms. The first-order valence-corrected chi connectivity index (χ1v) is 19.0. The molecule has 3 aliphatic rings. The van der Waals surface area contributed by atoms with Gasteiger partial charge in [-0.25, -0.2) is 33.9 Å². The molecule has 3 fully saturated rings. The number of nitrogen functional groups attached to an aromatic ring is 1. The van der Waals surface area contributed by atoms with Crippen LogP contribution in [0.5, 0.6) is 0 Å². The molecule has 1 aliphatic carbocycles. The number of aromatic nitrogens is 9. The van der Waals surface area contributed by atoms with E-state index in [4.69, 9.17) is 40.4 Å². The first-order valence-electron chi connectivity index (χ1n) is 13.7. The molecule has 238 valence electrons. The smallest absolute Gasteiger partial charge is 0.382 e. The number of alkyl halides is 1. The number of halogens is 1. The normalized spacial score (nSPS) is 36.2. The Morgan fingerprint density at radius 2 is 1.96 bits per heavy atom. The van der Waals surface area contributed by atoms with Gasteiger partial charge in [0.25, 0.3) is 0 Å². The van der Waals surface area contributed by atoms with Crippen molar-refractivity contribution >= 4 is 71.5 Å². The second-order valence-corrected chi connectivity index (χ2v) is 16.7. The lowest BCUT2D eigenvalue weighted by Gasteiger charge is -2.45. The summed E-state index contributed by atoms with van der Waals surface area (Å²) in [6.45, 7) is -8.46. The molecule has 45 heavy (non-hydrogen) atoms. The molecular weight excluding hydrogens is 673 g/mol. The predicted molar refractivity (Wildman–Crippen MR) is 161 cm³/mol. The van der Waals surface area contributed by atoms with Gasteiger partial charge in [0.05, 0.1) is 32.5 Å². The number of imidazole rings is 3.